The standard InChI is InChI=1S/C72H123NO8/c1-6-8-10-12-14-16-18-20-22-24-25-26-27-28-29-30-31-32-33-34-35-36-37-38-39-40-41-42-43-44-45-47-49-51-53-55-57-59-61-63-70(75)81-68(67-80-72(71(76)77)78-65-64-73(3,4)5)66-79-69(74)62-60-58-56-54-52-50-48-46-23-21-19-17-15-13-11-9-7-2/h8,10,14,16,20,22,25-26,28-29,31-32,34-35,37-38,40-41,68,72H,6-7,9,11-13,15,17-19,21,23-24,27,30,33,36,39,42-67H2,1-5H3/b10-8-,16-14-,22-20-,26-25-,29-28-,32-31-,35-34-,38-37-,41-40-. The van der Waals surface area contributed by atoms with E-state index < -0.39 is 24.3 Å². The third kappa shape index (κ3) is 63.4. The van der Waals surface area contributed by atoms with Crippen molar-refractivity contribution in [2.75, 3.05) is 47.5 Å². The molecule has 9 heteroatoms. The van der Waals surface area contributed by atoms with E-state index in [2.05, 4.69) is 123 Å². The Kier molecular flexibility index (Phi) is 58.9. The maximum Gasteiger partial charge on any atom is 0.306 e. The summed E-state index contributed by atoms with van der Waals surface area (Å²) in [7, 11) is 5.92. The topological polar surface area (TPSA) is 111 Å². The Balaban J connectivity index is 4.13. The average Bonchev–Trinajstić information content (AvgIpc) is 3.44. The van der Waals surface area contributed by atoms with Crippen molar-refractivity contribution in [1.82, 2.24) is 0 Å². The van der Waals surface area contributed by atoms with Gasteiger partial charge in [-0.15, -0.1) is 0 Å². The second-order valence-electron chi connectivity index (χ2n) is 23.0. The summed E-state index contributed by atoms with van der Waals surface area (Å²) in [6, 6.07) is 0. The van der Waals surface area contributed by atoms with Gasteiger partial charge in [-0.2, -0.15) is 0 Å². The van der Waals surface area contributed by atoms with Crippen LogP contribution in [0.25, 0.3) is 0 Å². The number of rotatable bonds is 60. The van der Waals surface area contributed by atoms with Crippen LogP contribution in [0.1, 0.15) is 271 Å². The number of quaternary nitrogens is 1. The number of nitrogens with zero attached hydrogens (tertiary/aromatic N) is 1. The van der Waals surface area contributed by atoms with Crippen LogP contribution in [0.5, 0.6) is 0 Å². The maximum atomic E-state index is 12.9. The first-order valence-electron chi connectivity index (χ1n) is 33.0. The van der Waals surface area contributed by atoms with Gasteiger partial charge in [0.1, 0.15) is 13.2 Å². The van der Waals surface area contributed by atoms with Gasteiger partial charge in [-0.1, -0.05) is 284 Å². The molecule has 0 saturated carbocycles. The number of likely N-dealkylation sites (N-methyl/N-ethyl adjacent to an activating group) is 1. The van der Waals surface area contributed by atoms with Crippen molar-refractivity contribution in [3.05, 3.63) is 109 Å². The fourth-order valence-corrected chi connectivity index (χ4v) is 9.00. The lowest BCUT2D eigenvalue weighted by atomic mass is 10.0. The lowest BCUT2D eigenvalue weighted by molar-refractivity contribution is -0.870. The van der Waals surface area contributed by atoms with Crippen LogP contribution in [0, 0.1) is 0 Å². The summed E-state index contributed by atoms with van der Waals surface area (Å²) >= 11 is 0. The van der Waals surface area contributed by atoms with Crippen molar-refractivity contribution < 1.29 is 42.9 Å². The Labute approximate surface area is 498 Å². The van der Waals surface area contributed by atoms with Crippen molar-refractivity contribution in [3.8, 4) is 0 Å². The van der Waals surface area contributed by atoms with Crippen molar-refractivity contribution in [1.29, 1.82) is 0 Å². The normalized spacial score (nSPS) is 13.4. The first-order chi connectivity index (χ1) is 39.6. The minimum Gasteiger partial charge on any atom is -0.545 e. The SMILES string of the molecule is CC/C=C\C/C=C\C/C=C\C/C=C\C/C=C\C/C=C\C/C=C\C/C=C\C/C=C\CCCCCCCCCCCCCC(=O)OC(COC(=O)CCCCCCCCCCCCCCCCCCC)COC(OCC[N+](C)(C)C)C(=O)[O-]. The second kappa shape index (κ2) is 62.0. The molecule has 0 aliphatic carbocycles. The Bertz CT molecular complexity index is 1700. The zero-order valence-electron chi connectivity index (χ0n) is 52.9. The summed E-state index contributed by atoms with van der Waals surface area (Å²) in [5.74, 6) is -2.28. The molecule has 464 valence electrons. The number of hydrogen-bond acceptors (Lipinski definition) is 8. The molecule has 9 nitrogen and oxygen atoms in total. The van der Waals surface area contributed by atoms with Crippen LogP contribution in [0.15, 0.2) is 109 Å². The molecule has 0 aliphatic heterocycles. The summed E-state index contributed by atoms with van der Waals surface area (Å²) in [6.07, 6.45) is 83.0. The number of ether oxygens (including phenoxy) is 4. The van der Waals surface area contributed by atoms with E-state index >= 15 is 0 Å². The molecular formula is C72H123NO8. The minimum absolute atomic E-state index is 0.145. The molecule has 0 aromatic carbocycles. The van der Waals surface area contributed by atoms with Gasteiger partial charge in [0, 0.05) is 12.8 Å². The lowest BCUT2D eigenvalue weighted by Gasteiger charge is -2.26. The Morgan fingerprint density at radius 3 is 1.05 bits per heavy atom. The summed E-state index contributed by atoms with van der Waals surface area (Å²) in [6.45, 7) is 4.65. The lowest BCUT2D eigenvalue weighted by Crippen LogP contribution is -2.44. The molecule has 0 aromatic rings. The van der Waals surface area contributed by atoms with Gasteiger partial charge in [-0.3, -0.25) is 9.59 Å². The van der Waals surface area contributed by atoms with Crippen LogP contribution in [0.3, 0.4) is 0 Å². The number of carbonyl (C=O) groups is 3. The largest absolute Gasteiger partial charge is 0.545 e. The van der Waals surface area contributed by atoms with Gasteiger partial charge in [0.25, 0.3) is 0 Å². The van der Waals surface area contributed by atoms with Gasteiger partial charge in [-0.05, 0) is 83.5 Å². The van der Waals surface area contributed by atoms with Crippen LogP contribution >= 0.6 is 0 Å². The maximum absolute atomic E-state index is 12.9. The van der Waals surface area contributed by atoms with E-state index in [-0.39, 0.29) is 32.2 Å². The zero-order valence-corrected chi connectivity index (χ0v) is 52.9. The van der Waals surface area contributed by atoms with E-state index in [4.69, 9.17) is 18.9 Å². The van der Waals surface area contributed by atoms with Gasteiger partial charge >= 0.3 is 11.9 Å². The summed E-state index contributed by atoms with van der Waals surface area (Å²) in [5.41, 5.74) is 0. The summed E-state index contributed by atoms with van der Waals surface area (Å²) < 4.78 is 22.7. The van der Waals surface area contributed by atoms with Crippen LogP contribution in [0.2, 0.25) is 0 Å². The average molecular weight is 1130 g/mol. The van der Waals surface area contributed by atoms with Gasteiger partial charge in [0.2, 0.25) is 0 Å². The molecule has 2 atom stereocenters. The fraction of sp³-hybridized carbons (Fsp3) is 0.708. The van der Waals surface area contributed by atoms with E-state index in [9.17, 15) is 19.5 Å². The molecule has 0 amide bonds. The number of allylic oxidation sites excluding steroid dienone is 18. The molecule has 0 radical (unpaired) electrons. The predicted octanol–water partition coefficient (Wildman–Crippen LogP) is 18.9. The van der Waals surface area contributed by atoms with Crippen molar-refractivity contribution in [2.24, 2.45) is 0 Å². The van der Waals surface area contributed by atoms with Crippen LogP contribution in [-0.4, -0.2) is 82.3 Å². The molecule has 0 aromatic heterocycles. The summed E-state index contributed by atoms with van der Waals surface area (Å²) in [5, 5.41) is 11.8. The number of esters is 2. The van der Waals surface area contributed by atoms with E-state index in [0.29, 0.717) is 23.9 Å². The van der Waals surface area contributed by atoms with Crippen LogP contribution in [0.4, 0.5) is 0 Å². The van der Waals surface area contributed by atoms with Gasteiger partial charge in [0.05, 0.1) is 40.3 Å². The Morgan fingerprint density at radius 1 is 0.383 bits per heavy atom. The highest BCUT2D eigenvalue weighted by Crippen LogP contribution is 2.17. The zero-order chi connectivity index (χ0) is 59.1. The molecule has 0 aliphatic rings. The molecular weight excluding hydrogens is 1010 g/mol. The Hall–Kier alpha value is -4.05. The number of unbranched alkanes of at least 4 members (excludes halogenated alkanes) is 27. The van der Waals surface area contributed by atoms with Crippen molar-refractivity contribution >= 4 is 17.9 Å². The summed E-state index contributed by atoms with van der Waals surface area (Å²) in [4.78, 5) is 37.4. The quantitative estimate of drug-likeness (QED) is 0.0195. The molecule has 0 N–H and O–H groups in total. The smallest absolute Gasteiger partial charge is 0.306 e. The molecule has 0 fully saturated rings. The number of carboxylic acid groups (broad SMARTS) is 1. The van der Waals surface area contributed by atoms with Crippen LogP contribution < -0.4 is 5.11 Å². The first-order valence-corrected chi connectivity index (χ1v) is 33.0. The third-order valence-electron chi connectivity index (χ3n) is 14.0. The molecule has 2 unspecified atom stereocenters. The highest BCUT2D eigenvalue weighted by molar-refractivity contribution is 5.70. The molecule has 0 spiro atoms. The number of aliphatic carboxylic acids is 1. The third-order valence-corrected chi connectivity index (χ3v) is 14.0. The first kappa shape index (κ1) is 77.0. The van der Waals surface area contributed by atoms with Crippen LogP contribution in [-0.2, 0) is 33.3 Å². The highest BCUT2D eigenvalue weighted by atomic mass is 16.7. The van der Waals surface area contributed by atoms with E-state index in [0.717, 1.165) is 103 Å². The van der Waals surface area contributed by atoms with Crippen molar-refractivity contribution in [3.63, 3.8) is 0 Å². The second-order valence-corrected chi connectivity index (χ2v) is 23.0. The Morgan fingerprint density at radius 2 is 0.704 bits per heavy atom. The van der Waals surface area contributed by atoms with Gasteiger partial charge < -0.3 is 33.3 Å². The highest BCUT2D eigenvalue weighted by Gasteiger charge is 2.22. The molecule has 81 heavy (non-hydrogen) atoms. The van der Waals surface area contributed by atoms with E-state index in [1.54, 1.807) is 0 Å². The van der Waals surface area contributed by atoms with Gasteiger partial charge in [0.15, 0.2) is 12.4 Å². The molecule has 0 bridgehead atoms. The van der Waals surface area contributed by atoms with Crippen molar-refractivity contribution in [2.45, 2.75) is 283 Å². The molecule has 0 rings (SSSR count). The van der Waals surface area contributed by atoms with Gasteiger partial charge in [-0.25, -0.2) is 0 Å². The number of carbonyl (C=O) groups excluding carboxylic acids is 3. The molecule has 0 heterocycles. The molecule has 0 saturated heterocycles. The fourth-order valence-electron chi connectivity index (χ4n) is 9.00. The monoisotopic (exact) mass is 1130 g/mol. The minimum atomic E-state index is -1.63. The number of carboxylic acids is 1. The predicted molar refractivity (Wildman–Crippen MR) is 343 cm³/mol. The number of hydrogen-bond donors (Lipinski definition) is 0. The van der Waals surface area contributed by atoms with E-state index in [1.165, 1.54) is 135 Å². The van der Waals surface area contributed by atoms with E-state index in [1.807, 2.05) is 21.1 Å².